The second kappa shape index (κ2) is 3.44. The maximum Gasteiger partial charge on any atom is 0.433 e. The van der Waals surface area contributed by atoms with Gasteiger partial charge in [-0.15, -0.1) is 0 Å². The van der Waals surface area contributed by atoms with Crippen molar-refractivity contribution in [3.63, 3.8) is 0 Å². The van der Waals surface area contributed by atoms with E-state index in [0.717, 1.165) is 12.3 Å². The third-order valence-corrected chi connectivity index (χ3v) is 1.38. The number of alkyl halides is 3. The van der Waals surface area contributed by atoms with Gasteiger partial charge in [0.05, 0.1) is 0 Å². The van der Waals surface area contributed by atoms with E-state index in [1.54, 1.807) is 0 Å². The van der Waals surface area contributed by atoms with E-state index in [2.05, 4.69) is 9.83 Å². The lowest BCUT2D eigenvalue weighted by Gasteiger charge is -2.04. The average Bonchev–Trinajstić information content (AvgIpc) is 2.04. The second-order valence-electron chi connectivity index (χ2n) is 2.37. The van der Waals surface area contributed by atoms with Gasteiger partial charge in [0.1, 0.15) is 5.69 Å². The lowest BCUT2D eigenvalue weighted by molar-refractivity contribution is -0.141. The molecule has 1 aromatic heterocycles. The van der Waals surface area contributed by atoms with E-state index in [9.17, 15) is 13.2 Å². The first-order chi connectivity index (χ1) is 6.04. The van der Waals surface area contributed by atoms with E-state index in [0.29, 0.717) is 5.56 Å². The third-order valence-electron chi connectivity index (χ3n) is 1.38. The monoisotopic (exact) mass is 186 g/mol. The quantitative estimate of drug-likeness (QED) is 0.616. The van der Waals surface area contributed by atoms with Gasteiger partial charge in [-0.2, -0.15) is 13.2 Å². The van der Waals surface area contributed by atoms with Crippen LogP contribution in [0.2, 0.25) is 0 Å². The van der Waals surface area contributed by atoms with E-state index >= 15 is 0 Å². The number of hydrogen-bond acceptors (Lipinski definition) is 1. The van der Waals surface area contributed by atoms with Gasteiger partial charge in [0, 0.05) is 11.8 Å². The maximum atomic E-state index is 12.0. The van der Waals surface area contributed by atoms with Crippen LogP contribution < -0.4 is 0 Å². The molecule has 0 radical (unpaired) electrons. The Morgan fingerprint density at radius 2 is 2.08 bits per heavy atom. The van der Waals surface area contributed by atoms with Crippen molar-refractivity contribution >= 4 is 0 Å². The summed E-state index contributed by atoms with van der Waals surface area (Å²) in [5.74, 6) is 0. The summed E-state index contributed by atoms with van der Waals surface area (Å²) in [5, 5.41) is 0. The highest BCUT2D eigenvalue weighted by molar-refractivity contribution is 5.16. The van der Waals surface area contributed by atoms with Gasteiger partial charge in [-0.1, -0.05) is 0 Å². The zero-order valence-electron chi connectivity index (χ0n) is 6.47. The highest BCUT2D eigenvalue weighted by atomic mass is 19.4. The van der Waals surface area contributed by atoms with Crippen LogP contribution in [0.1, 0.15) is 11.3 Å². The first-order valence-electron chi connectivity index (χ1n) is 3.39. The lowest BCUT2D eigenvalue weighted by atomic mass is 10.2. The molecule has 0 aliphatic carbocycles. The van der Waals surface area contributed by atoms with E-state index < -0.39 is 11.9 Å². The zero-order chi connectivity index (χ0) is 9.90. The van der Waals surface area contributed by atoms with Crippen molar-refractivity contribution in [1.82, 2.24) is 4.98 Å². The van der Waals surface area contributed by atoms with Crippen LogP contribution in [0.15, 0.2) is 18.3 Å². The highest BCUT2D eigenvalue weighted by Gasteiger charge is 2.31. The largest absolute Gasteiger partial charge is 0.433 e. The predicted octanol–water partition coefficient (Wildman–Crippen LogP) is 2.52. The van der Waals surface area contributed by atoms with E-state index in [1.165, 1.54) is 6.07 Å². The van der Waals surface area contributed by atoms with E-state index in [-0.39, 0.29) is 6.54 Å². The Morgan fingerprint density at radius 3 is 2.46 bits per heavy atom. The molecule has 68 valence electrons. The van der Waals surface area contributed by atoms with Crippen LogP contribution in [0.5, 0.6) is 0 Å². The molecule has 0 aliphatic rings. The molecule has 1 heterocycles. The minimum Gasteiger partial charge on any atom is -0.312 e. The number of pyridine rings is 1. The Kier molecular flexibility index (Phi) is 2.52. The summed E-state index contributed by atoms with van der Waals surface area (Å²) in [4.78, 5) is 6.23. The summed E-state index contributed by atoms with van der Waals surface area (Å²) in [6.45, 7) is 6.55. The molecule has 0 N–H and O–H groups in total. The SMILES string of the molecule is [C-]#[N+]Cc1ccc(C(F)(F)F)nc1. The number of rotatable bonds is 1. The lowest BCUT2D eigenvalue weighted by Crippen LogP contribution is -2.07. The Morgan fingerprint density at radius 1 is 1.38 bits per heavy atom. The van der Waals surface area contributed by atoms with Crippen molar-refractivity contribution < 1.29 is 13.2 Å². The molecule has 1 rings (SSSR count). The number of aromatic nitrogens is 1. The number of nitrogens with zero attached hydrogens (tertiary/aromatic N) is 2. The van der Waals surface area contributed by atoms with Crippen molar-refractivity contribution in [3.8, 4) is 0 Å². The fourth-order valence-electron chi connectivity index (χ4n) is 0.777. The van der Waals surface area contributed by atoms with Gasteiger partial charge in [-0.25, -0.2) is 6.57 Å². The number of hydrogen-bond donors (Lipinski definition) is 0. The van der Waals surface area contributed by atoms with Gasteiger partial charge in [-0.3, -0.25) is 4.98 Å². The molecule has 0 spiro atoms. The topological polar surface area (TPSA) is 17.2 Å². The predicted molar refractivity (Wildman–Crippen MR) is 39.5 cm³/mol. The molecule has 1 aromatic rings. The van der Waals surface area contributed by atoms with Gasteiger partial charge < -0.3 is 4.85 Å². The first kappa shape index (κ1) is 9.52. The molecule has 0 atom stereocenters. The van der Waals surface area contributed by atoms with Crippen molar-refractivity contribution in [2.24, 2.45) is 0 Å². The molecule has 0 fully saturated rings. The molecule has 0 bridgehead atoms. The Labute approximate surface area is 72.8 Å². The van der Waals surface area contributed by atoms with Crippen LogP contribution >= 0.6 is 0 Å². The van der Waals surface area contributed by atoms with Crippen molar-refractivity contribution in [2.75, 3.05) is 0 Å². The minimum atomic E-state index is -4.41. The normalized spacial score (nSPS) is 10.9. The van der Waals surface area contributed by atoms with E-state index in [1.807, 2.05) is 0 Å². The molecule has 2 nitrogen and oxygen atoms in total. The van der Waals surface area contributed by atoms with Crippen molar-refractivity contribution in [2.45, 2.75) is 12.7 Å². The standard InChI is InChI=1S/C8H5F3N2/c1-12-4-6-2-3-7(13-5-6)8(9,10)11/h2-3,5H,4H2. The van der Waals surface area contributed by atoms with E-state index in [4.69, 9.17) is 6.57 Å². The minimum absolute atomic E-state index is 0.0607. The van der Waals surface area contributed by atoms with Gasteiger partial charge in [0.15, 0.2) is 0 Å². The Balaban J connectivity index is 2.89. The van der Waals surface area contributed by atoms with Crippen molar-refractivity contribution in [3.05, 3.63) is 41.0 Å². The smallest absolute Gasteiger partial charge is 0.312 e. The molecule has 13 heavy (non-hydrogen) atoms. The molecular weight excluding hydrogens is 181 g/mol. The van der Waals surface area contributed by atoms with Crippen molar-refractivity contribution in [1.29, 1.82) is 0 Å². The molecule has 0 aliphatic heterocycles. The third kappa shape index (κ3) is 2.44. The summed E-state index contributed by atoms with van der Waals surface area (Å²) < 4.78 is 35.9. The molecule has 0 unspecified atom stereocenters. The summed E-state index contributed by atoms with van der Waals surface area (Å²) >= 11 is 0. The Bertz CT molecular complexity index is 321. The van der Waals surface area contributed by atoms with Gasteiger partial charge in [0.25, 0.3) is 0 Å². The van der Waals surface area contributed by atoms with Crippen LogP contribution in [0, 0.1) is 6.57 Å². The fraction of sp³-hybridized carbons (Fsp3) is 0.250. The average molecular weight is 186 g/mol. The maximum absolute atomic E-state index is 12.0. The summed E-state index contributed by atoms with van der Waals surface area (Å²) in [6.07, 6.45) is -3.34. The first-order valence-corrected chi connectivity index (χ1v) is 3.39. The molecule has 0 aromatic carbocycles. The second-order valence-corrected chi connectivity index (χ2v) is 2.37. The van der Waals surface area contributed by atoms with Gasteiger partial charge in [-0.05, 0) is 12.1 Å². The number of halogens is 3. The summed E-state index contributed by atoms with van der Waals surface area (Å²) in [6, 6.07) is 2.13. The molecule has 0 saturated heterocycles. The van der Waals surface area contributed by atoms with Gasteiger partial charge >= 0.3 is 6.18 Å². The van der Waals surface area contributed by atoms with Crippen LogP contribution in [-0.4, -0.2) is 4.98 Å². The molecule has 0 saturated carbocycles. The van der Waals surface area contributed by atoms with Crippen LogP contribution in [0.25, 0.3) is 4.85 Å². The Hall–Kier alpha value is -1.57. The fourth-order valence-corrected chi connectivity index (χ4v) is 0.777. The van der Waals surface area contributed by atoms with Crippen LogP contribution in [-0.2, 0) is 12.7 Å². The van der Waals surface area contributed by atoms with Crippen LogP contribution in [0.4, 0.5) is 13.2 Å². The zero-order valence-corrected chi connectivity index (χ0v) is 6.47. The van der Waals surface area contributed by atoms with Gasteiger partial charge in [0.2, 0.25) is 6.54 Å². The molecule has 5 heteroatoms. The molecule has 0 amide bonds. The highest BCUT2D eigenvalue weighted by Crippen LogP contribution is 2.27. The molecular formula is C8H5F3N2. The summed E-state index contributed by atoms with van der Waals surface area (Å²) in [5.41, 5.74) is -0.441. The van der Waals surface area contributed by atoms with Crippen LogP contribution in [0.3, 0.4) is 0 Å². The summed E-state index contributed by atoms with van der Waals surface area (Å²) in [7, 11) is 0.